The summed E-state index contributed by atoms with van der Waals surface area (Å²) in [7, 11) is 0. The Morgan fingerprint density at radius 3 is 2.71 bits per heavy atom. The minimum atomic E-state index is -0.144. The van der Waals surface area contributed by atoms with Crippen LogP contribution < -0.4 is 5.32 Å². The summed E-state index contributed by atoms with van der Waals surface area (Å²) in [5.74, 6) is 0.632. The van der Waals surface area contributed by atoms with Gasteiger partial charge in [-0.1, -0.05) is 48.7 Å². The van der Waals surface area contributed by atoms with Gasteiger partial charge in [-0.05, 0) is 31.0 Å². The van der Waals surface area contributed by atoms with E-state index < -0.39 is 0 Å². The van der Waals surface area contributed by atoms with Gasteiger partial charge < -0.3 is 5.32 Å². The zero-order valence-electron chi connectivity index (χ0n) is 10.6. The van der Waals surface area contributed by atoms with Crippen molar-refractivity contribution < 1.29 is 4.39 Å². The summed E-state index contributed by atoms with van der Waals surface area (Å²) in [4.78, 5) is 0. The predicted octanol–water partition coefficient (Wildman–Crippen LogP) is 4.50. The molecule has 0 aliphatic rings. The highest BCUT2D eigenvalue weighted by molar-refractivity contribution is 9.10. The maximum atomic E-state index is 13.5. The predicted molar refractivity (Wildman–Crippen MR) is 74.5 cm³/mol. The first kappa shape index (κ1) is 14.7. The van der Waals surface area contributed by atoms with Gasteiger partial charge in [-0.3, -0.25) is 0 Å². The minimum absolute atomic E-state index is 0.144. The molecule has 96 valence electrons. The Kier molecular flexibility index (Phi) is 6.75. The fourth-order valence-corrected chi connectivity index (χ4v) is 2.02. The van der Waals surface area contributed by atoms with Crippen LogP contribution >= 0.6 is 15.9 Å². The highest BCUT2D eigenvalue weighted by atomic mass is 79.9. The molecule has 0 aromatic heterocycles. The van der Waals surface area contributed by atoms with Crippen LogP contribution in [-0.4, -0.2) is 6.54 Å². The van der Waals surface area contributed by atoms with Crippen molar-refractivity contribution in [2.24, 2.45) is 5.92 Å². The number of halogens is 2. The van der Waals surface area contributed by atoms with Crippen molar-refractivity contribution in [3.8, 4) is 0 Å². The van der Waals surface area contributed by atoms with Gasteiger partial charge in [-0.2, -0.15) is 0 Å². The maximum Gasteiger partial charge on any atom is 0.128 e. The number of hydrogen-bond acceptors (Lipinski definition) is 1. The Labute approximate surface area is 112 Å². The van der Waals surface area contributed by atoms with E-state index >= 15 is 0 Å². The monoisotopic (exact) mass is 301 g/mol. The van der Waals surface area contributed by atoms with Crippen LogP contribution in [0.5, 0.6) is 0 Å². The van der Waals surface area contributed by atoms with E-state index in [2.05, 4.69) is 35.1 Å². The van der Waals surface area contributed by atoms with Gasteiger partial charge in [0.1, 0.15) is 5.82 Å². The first-order valence-electron chi connectivity index (χ1n) is 6.24. The summed E-state index contributed by atoms with van der Waals surface area (Å²) < 4.78 is 14.2. The molecule has 1 rings (SSSR count). The lowest BCUT2D eigenvalue weighted by Crippen LogP contribution is -2.15. The lowest BCUT2D eigenvalue weighted by atomic mass is 10.1. The van der Waals surface area contributed by atoms with Crippen LogP contribution in [0.4, 0.5) is 4.39 Å². The molecule has 0 fully saturated rings. The molecule has 0 aliphatic carbocycles. The molecule has 0 aliphatic heterocycles. The third-order valence-corrected chi connectivity index (χ3v) is 3.21. The molecule has 0 spiro atoms. The Morgan fingerprint density at radius 2 is 2.06 bits per heavy atom. The molecule has 0 atom stereocenters. The molecule has 0 bridgehead atoms. The molecular weight excluding hydrogens is 281 g/mol. The van der Waals surface area contributed by atoms with Gasteiger partial charge in [0.2, 0.25) is 0 Å². The van der Waals surface area contributed by atoms with Crippen molar-refractivity contribution in [3.63, 3.8) is 0 Å². The Morgan fingerprint density at radius 1 is 1.29 bits per heavy atom. The summed E-state index contributed by atoms with van der Waals surface area (Å²) in [6, 6.07) is 5.20. The van der Waals surface area contributed by atoms with Crippen molar-refractivity contribution in [1.29, 1.82) is 0 Å². The molecule has 17 heavy (non-hydrogen) atoms. The third-order valence-electron chi connectivity index (χ3n) is 2.72. The molecule has 0 saturated carbocycles. The SMILES string of the molecule is CC(C)CCCCNCc1ccc(Br)cc1F. The first-order chi connectivity index (χ1) is 8.09. The van der Waals surface area contributed by atoms with E-state index in [1.54, 1.807) is 0 Å². The molecule has 3 heteroatoms. The second-order valence-electron chi connectivity index (χ2n) is 4.80. The van der Waals surface area contributed by atoms with Crippen molar-refractivity contribution >= 4 is 15.9 Å². The summed E-state index contributed by atoms with van der Waals surface area (Å²) in [6.07, 6.45) is 3.68. The van der Waals surface area contributed by atoms with E-state index in [9.17, 15) is 4.39 Å². The van der Waals surface area contributed by atoms with Gasteiger partial charge in [0.15, 0.2) is 0 Å². The number of nitrogens with one attached hydrogen (secondary N) is 1. The van der Waals surface area contributed by atoms with Gasteiger partial charge in [-0.15, -0.1) is 0 Å². The van der Waals surface area contributed by atoms with E-state index in [0.717, 1.165) is 28.9 Å². The summed E-state index contributed by atoms with van der Waals surface area (Å²) in [5, 5.41) is 3.28. The Hall–Kier alpha value is -0.410. The molecule has 1 N–H and O–H groups in total. The van der Waals surface area contributed by atoms with Crippen molar-refractivity contribution in [3.05, 3.63) is 34.1 Å². The number of hydrogen-bond donors (Lipinski definition) is 1. The second kappa shape index (κ2) is 7.83. The molecular formula is C14H21BrFN. The highest BCUT2D eigenvalue weighted by Crippen LogP contribution is 2.15. The molecule has 0 saturated heterocycles. The van der Waals surface area contributed by atoms with E-state index in [4.69, 9.17) is 0 Å². The second-order valence-corrected chi connectivity index (χ2v) is 5.72. The smallest absolute Gasteiger partial charge is 0.128 e. The average molecular weight is 302 g/mol. The van der Waals surface area contributed by atoms with Crippen LogP contribution in [0.2, 0.25) is 0 Å². The molecule has 0 amide bonds. The number of rotatable bonds is 7. The molecule has 1 aromatic carbocycles. The zero-order valence-corrected chi connectivity index (χ0v) is 12.2. The van der Waals surface area contributed by atoms with Gasteiger partial charge >= 0.3 is 0 Å². The van der Waals surface area contributed by atoms with Gasteiger partial charge in [0, 0.05) is 16.6 Å². The molecule has 0 heterocycles. The summed E-state index contributed by atoms with van der Waals surface area (Å²) in [6.45, 7) is 6.05. The third kappa shape index (κ3) is 6.18. The standard InChI is InChI=1S/C14H21BrFN/c1-11(2)5-3-4-8-17-10-12-6-7-13(15)9-14(12)16/h6-7,9,11,17H,3-5,8,10H2,1-2H3. The van der Waals surface area contributed by atoms with Gasteiger partial charge in [-0.25, -0.2) is 4.39 Å². The summed E-state index contributed by atoms with van der Waals surface area (Å²) in [5.41, 5.74) is 0.733. The van der Waals surface area contributed by atoms with E-state index in [-0.39, 0.29) is 5.82 Å². The van der Waals surface area contributed by atoms with Crippen molar-refractivity contribution in [1.82, 2.24) is 5.32 Å². The number of benzene rings is 1. The van der Waals surface area contributed by atoms with Gasteiger partial charge in [0.25, 0.3) is 0 Å². The lowest BCUT2D eigenvalue weighted by Gasteiger charge is -2.07. The first-order valence-corrected chi connectivity index (χ1v) is 7.03. The Bertz CT molecular complexity index is 339. The normalized spacial score (nSPS) is 11.1. The zero-order chi connectivity index (χ0) is 12.7. The topological polar surface area (TPSA) is 12.0 Å². The van der Waals surface area contributed by atoms with Crippen LogP contribution in [0.3, 0.4) is 0 Å². The minimum Gasteiger partial charge on any atom is -0.313 e. The van der Waals surface area contributed by atoms with Crippen LogP contribution in [0.25, 0.3) is 0 Å². The largest absolute Gasteiger partial charge is 0.313 e. The average Bonchev–Trinajstić information content (AvgIpc) is 2.25. The molecule has 0 radical (unpaired) electrons. The molecule has 1 nitrogen and oxygen atoms in total. The quantitative estimate of drug-likeness (QED) is 0.731. The van der Waals surface area contributed by atoms with Crippen LogP contribution in [-0.2, 0) is 6.54 Å². The maximum absolute atomic E-state index is 13.5. The number of unbranched alkanes of at least 4 members (excludes halogenated alkanes) is 1. The van der Waals surface area contributed by atoms with Crippen LogP contribution in [0, 0.1) is 11.7 Å². The Balaban J connectivity index is 2.18. The van der Waals surface area contributed by atoms with Crippen molar-refractivity contribution in [2.75, 3.05) is 6.54 Å². The highest BCUT2D eigenvalue weighted by Gasteiger charge is 2.01. The van der Waals surface area contributed by atoms with Crippen LogP contribution in [0.15, 0.2) is 22.7 Å². The lowest BCUT2D eigenvalue weighted by molar-refractivity contribution is 0.516. The fraction of sp³-hybridized carbons (Fsp3) is 0.571. The summed E-state index contributed by atoms with van der Waals surface area (Å²) >= 11 is 3.25. The molecule has 0 unspecified atom stereocenters. The fourth-order valence-electron chi connectivity index (χ4n) is 1.69. The van der Waals surface area contributed by atoms with E-state index in [1.165, 1.54) is 18.9 Å². The van der Waals surface area contributed by atoms with E-state index in [1.807, 2.05) is 12.1 Å². The van der Waals surface area contributed by atoms with Crippen molar-refractivity contribution in [2.45, 2.75) is 39.7 Å². The van der Waals surface area contributed by atoms with Gasteiger partial charge in [0.05, 0.1) is 0 Å². The molecule has 1 aromatic rings. The van der Waals surface area contributed by atoms with E-state index in [0.29, 0.717) is 6.54 Å². The van der Waals surface area contributed by atoms with Crippen LogP contribution in [0.1, 0.15) is 38.7 Å².